The van der Waals surface area contributed by atoms with Crippen LogP contribution in [0.1, 0.15) is 33.1 Å². The quantitative estimate of drug-likeness (QED) is 0.617. The van der Waals surface area contributed by atoms with E-state index < -0.39 is 11.0 Å². The third-order valence-corrected chi connectivity index (χ3v) is 5.70. The molecule has 3 saturated heterocycles. The summed E-state index contributed by atoms with van der Waals surface area (Å²) in [5, 5.41) is 2.99. The highest BCUT2D eigenvalue weighted by molar-refractivity contribution is 6.14. The van der Waals surface area contributed by atoms with Crippen molar-refractivity contribution in [2.24, 2.45) is 11.3 Å². The number of rotatable bonds is 2. The third-order valence-electron chi connectivity index (χ3n) is 5.41. The fourth-order valence-corrected chi connectivity index (χ4v) is 4.26. The van der Waals surface area contributed by atoms with Gasteiger partial charge < -0.3 is 10.1 Å². The van der Waals surface area contributed by atoms with Crippen LogP contribution in [0.4, 0.5) is 4.79 Å². The van der Waals surface area contributed by atoms with Crippen molar-refractivity contribution < 1.29 is 14.3 Å². The van der Waals surface area contributed by atoms with Crippen LogP contribution < -0.4 is 5.32 Å². The van der Waals surface area contributed by atoms with E-state index in [1.165, 1.54) is 4.90 Å². The number of nitrogens with one attached hydrogen (secondary N) is 1. The van der Waals surface area contributed by atoms with Gasteiger partial charge in [0.2, 0.25) is 0 Å². The van der Waals surface area contributed by atoms with Crippen LogP contribution in [0.25, 0.3) is 0 Å². The standard InChI is InChI=1S/C15H24ClN3O3/c1-14(2)10-18(16)6-5-15(14)12(20)19(13(21)17-15)9-11-3-7-22-8-4-11/h11H,3-10H2,1-2H3,(H,17,21). The Labute approximate surface area is 136 Å². The normalized spacial score (nSPS) is 33.5. The van der Waals surface area contributed by atoms with Gasteiger partial charge in [-0.3, -0.25) is 9.69 Å². The summed E-state index contributed by atoms with van der Waals surface area (Å²) < 4.78 is 7.05. The summed E-state index contributed by atoms with van der Waals surface area (Å²) >= 11 is 6.12. The minimum absolute atomic E-state index is 0.0845. The minimum Gasteiger partial charge on any atom is -0.381 e. The van der Waals surface area contributed by atoms with Crippen molar-refractivity contribution >= 4 is 23.7 Å². The Morgan fingerprint density at radius 1 is 1.32 bits per heavy atom. The second-order valence-corrected chi connectivity index (χ2v) is 7.76. The number of amides is 3. The molecule has 3 aliphatic heterocycles. The number of imide groups is 1. The van der Waals surface area contributed by atoms with E-state index in [9.17, 15) is 9.59 Å². The Balaban J connectivity index is 1.78. The monoisotopic (exact) mass is 329 g/mol. The molecular formula is C15H24ClN3O3. The molecule has 3 rings (SSSR count). The molecule has 0 aromatic heterocycles. The van der Waals surface area contributed by atoms with E-state index in [1.807, 2.05) is 13.8 Å². The predicted octanol–water partition coefficient (Wildman–Crippen LogP) is 1.59. The Morgan fingerprint density at radius 2 is 2.00 bits per heavy atom. The topological polar surface area (TPSA) is 61.9 Å². The Hall–Kier alpha value is -0.850. The molecule has 3 fully saturated rings. The van der Waals surface area contributed by atoms with E-state index in [0.717, 1.165) is 12.8 Å². The maximum absolute atomic E-state index is 13.0. The third kappa shape index (κ3) is 2.51. The predicted molar refractivity (Wildman–Crippen MR) is 82.3 cm³/mol. The molecule has 6 nitrogen and oxygen atoms in total. The summed E-state index contributed by atoms with van der Waals surface area (Å²) in [7, 11) is 0. The molecule has 1 spiro atoms. The van der Waals surface area contributed by atoms with E-state index >= 15 is 0 Å². The SMILES string of the molecule is CC1(C)CN(Cl)CCC12NC(=O)N(CC1CCOCC1)C2=O. The molecule has 0 aromatic rings. The molecule has 1 atom stereocenters. The second kappa shape index (κ2) is 5.65. The molecule has 0 bridgehead atoms. The van der Waals surface area contributed by atoms with Gasteiger partial charge in [0, 0.05) is 38.3 Å². The Kier molecular flexibility index (Phi) is 4.12. The van der Waals surface area contributed by atoms with Crippen molar-refractivity contribution in [3.8, 4) is 0 Å². The number of nitrogens with zero attached hydrogens (tertiary/aromatic N) is 2. The molecule has 124 valence electrons. The number of carbonyl (C=O) groups is 2. The first kappa shape index (κ1) is 16.0. The molecular weight excluding hydrogens is 306 g/mol. The van der Waals surface area contributed by atoms with E-state index in [1.54, 1.807) is 4.42 Å². The van der Waals surface area contributed by atoms with Crippen LogP contribution in [0.15, 0.2) is 0 Å². The largest absolute Gasteiger partial charge is 0.381 e. The molecule has 22 heavy (non-hydrogen) atoms. The number of piperidine rings is 1. The van der Waals surface area contributed by atoms with Crippen LogP contribution in [0.3, 0.4) is 0 Å². The molecule has 7 heteroatoms. The van der Waals surface area contributed by atoms with Gasteiger partial charge in [0.05, 0.1) is 0 Å². The number of ether oxygens (including phenoxy) is 1. The average molecular weight is 330 g/mol. The highest BCUT2D eigenvalue weighted by atomic mass is 35.5. The van der Waals surface area contributed by atoms with Crippen LogP contribution in [0.2, 0.25) is 0 Å². The molecule has 1 N–H and O–H groups in total. The van der Waals surface area contributed by atoms with E-state index in [0.29, 0.717) is 45.2 Å². The van der Waals surface area contributed by atoms with Gasteiger partial charge in [-0.05, 0) is 37.0 Å². The Bertz CT molecular complexity index is 479. The summed E-state index contributed by atoms with van der Waals surface area (Å²) in [5.74, 6) is 0.258. The van der Waals surface area contributed by atoms with Gasteiger partial charge >= 0.3 is 6.03 Å². The lowest BCUT2D eigenvalue weighted by atomic mass is 9.68. The lowest BCUT2D eigenvalue weighted by molar-refractivity contribution is -0.138. The van der Waals surface area contributed by atoms with Gasteiger partial charge in [0.15, 0.2) is 0 Å². The van der Waals surface area contributed by atoms with E-state index in [4.69, 9.17) is 16.5 Å². The molecule has 0 radical (unpaired) electrons. The number of urea groups is 1. The maximum Gasteiger partial charge on any atom is 0.325 e. The van der Waals surface area contributed by atoms with Crippen molar-refractivity contribution in [2.45, 2.75) is 38.6 Å². The van der Waals surface area contributed by atoms with Gasteiger partial charge in [-0.25, -0.2) is 9.21 Å². The van der Waals surface area contributed by atoms with Gasteiger partial charge in [0.1, 0.15) is 5.54 Å². The highest BCUT2D eigenvalue weighted by Gasteiger charge is 2.61. The number of hydrogen-bond donors (Lipinski definition) is 1. The number of hydrogen-bond acceptors (Lipinski definition) is 4. The molecule has 0 saturated carbocycles. The zero-order chi connectivity index (χ0) is 16.0. The van der Waals surface area contributed by atoms with Crippen LogP contribution in [-0.2, 0) is 9.53 Å². The number of halogens is 1. The first-order valence-electron chi connectivity index (χ1n) is 7.98. The molecule has 3 amide bonds. The molecule has 3 heterocycles. The Morgan fingerprint density at radius 3 is 2.64 bits per heavy atom. The first-order valence-corrected chi connectivity index (χ1v) is 8.32. The lowest BCUT2D eigenvalue weighted by Crippen LogP contribution is -2.64. The van der Waals surface area contributed by atoms with Crippen molar-refractivity contribution in [1.82, 2.24) is 14.6 Å². The molecule has 3 aliphatic rings. The summed E-state index contributed by atoms with van der Waals surface area (Å²) in [4.78, 5) is 26.9. The average Bonchev–Trinajstić information content (AvgIpc) is 2.70. The van der Waals surface area contributed by atoms with Crippen LogP contribution in [0.5, 0.6) is 0 Å². The summed E-state index contributed by atoms with van der Waals surface area (Å²) in [6.45, 7) is 7.10. The summed E-state index contributed by atoms with van der Waals surface area (Å²) in [6, 6.07) is -0.257. The van der Waals surface area contributed by atoms with Crippen LogP contribution in [-0.4, -0.2) is 59.6 Å². The van der Waals surface area contributed by atoms with Gasteiger partial charge in [-0.15, -0.1) is 0 Å². The van der Waals surface area contributed by atoms with Gasteiger partial charge in [-0.1, -0.05) is 13.8 Å². The van der Waals surface area contributed by atoms with Crippen molar-refractivity contribution in [1.29, 1.82) is 0 Å². The van der Waals surface area contributed by atoms with Crippen LogP contribution in [0, 0.1) is 11.3 Å². The van der Waals surface area contributed by atoms with Crippen molar-refractivity contribution in [3.05, 3.63) is 0 Å². The smallest absolute Gasteiger partial charge is 0.325 e. The van der Waals surface area contributed by atoms with Crippen LogP contribution >= 0.6 is 11.8 Å². The minimum atomic E-state index is -0.819. The summed E-state index contributed by atoms with van der Waals surface area (Å²) in [5.41, 5.74) is -1.22. The van der Waals surface area contributed by atoms with Crippen molar-refractivity contribution in [2.75, 3.05) is 32.8 Å². The van der Waals surface area contributed by atoms with Gasteiger partial charge in [0.25, 0.3) is 5.91 Å². The fraction of sp³-hybridized carbons (Fsp3) is 0.867. The fourth-order valence-electron chi connectivity index (χ4n) is 3.88. The number of carbonyl (C=O) groups excluding carboxylic acids is 2. The zero-order valence-corrected chi connectivity index (χ0v) is 14.0. The highest BCUT2D eigenvalue weighted by Crippen LogP contribution is 2.43. The maximum atomic E-state index is 13.0. The molecule has 0 aliphatic carbocycles. The van der Waals surface area contributed by atoms with E-state index in [-0.39, 0.29) is 11.9 Å². The first-order chi connectivity index (χ1) is 10.4. The second-order valence-electron chi connectivity index (χ2n) is 7.29. The lowest BCUT2D eigenvalue weighted by Gasteiger charge is -2.47. The molecule has 1 unspecified atom stereocenters. The van der Waals surface area contributed by atoms with Crippen molar-refractivity contribution in [3.63, 3.8) is 0 Å². The van der Waals surface area contributed by atoms with Gasteiger partial charge in [-0.2, -0.15) is 0 Å². The summed E-state index contributed by atoms with van der Waals surface area (Å²) in [6.07, 6.45) is 2.37. The zero-order valence-electron chi connectivity index (χ0n) is 13.2. The van der Waals surface area contributed by atoms with E-state index in [2.05, 4.69) is 5.32 Å². The molecule has 0 aromatic carbocycles.